The molecule has 6 nitrogen and oxygen atoms in total. The zero-order valence-corrected chi connectivity index (χ0v) is 23.3. The third-order valence-electron chi connectivity index (χ3n) is 6.55. The lowest BCUT2D eigenvalue weighted by molar-refractivity contribution is -0.137. The third kappa shape index (κ3) is 7.98. The number of benzene rings is 2. The Balaban J connectivity index is 1.80. The van der Waals surface area contributed by atoms with Crippen LogP contribution < -0.4 is 9.47 Å². The number of carbonyl (C=O) groups excluding carboxylic acids is 2. The summed E-state index contributed by atoms with van der Waals surface area (Å²) in [6, 6.07) is 13.2. The number of hydrogen-bond donors (Lipinski definition) is 0. The monoisotopic (exact) mass is 562 g/mol. The van der Waals surface area contributed by atoms with Gasteiger partial charge in [0.15, 0.2) is 11.5 Å². The smallest absolute Gasteiger partial charge is 0.416 e. The van der Waals surface area contributed by atoms with Gasteiger partial charge in [-0.1, -0.05) is 19.1 Å². The first-order chi connectivity index (χ1) is 18.6. The Kier molecular flexibility index (Phi) is 10.4. The zero-order chi connectivity index (χ0) is 28.6. The Morgan fingerprint density at radius 2 is 1.69 bits per heavy atom. The summed E-state index contributed by atoms with van der Waals surface area (Å²) in [5.74, 6) is 0.474. The predicted octanol–water partition coefficient (Wildman–Crippen LogP) is 6.30. The van der Waals surface area contributed by atoms with Crippen LogP contribution in [0, 0.1) is 0 Å². The number of alkyl halides is 3. The molecular formula is C29H33F3N2O4S. The maximum absolute atomic E-state index is 13.6. The summed E-state index contributed by atoms with van der Waals surface area (Å²) in [4.78, 5) is 31.1. The molecule has 0 aliphatic carbocycles. The summed E-state index contributed by atoms with van der Waals surface area (Å²) < 4.78 is 49.7. The third-order valence-corrected chi connectivity index (χ3v) is 7.41. The van der Waals surface area contributed by atoms with Gasteiger partial charge in [-0.2, -0.15) is 13.2 Å². The van der Waals surface area contributed by atoms with Crippen LogP contribution in [-0.4, -0.2) is 55.0 Å². The Bertz CT molecular complexity index is 1230. The van der Waals surface area contributed by atoms with Gasteiger partial charge in [0.05, 0.1) is 26.3 Å². The van der Waals surface area contributed by atoms with Gasteiger partial charge in [0.2, 0.25) is 5.91 Å². The van der Waals surface area contributed by atoms with Crippen LogP contribution in [-0.2, 0) is 23.9 Å². The number of nitrogens with zero attached hydrogens (tertiary/aromatic N) is 2. The van der Waals surface area contributed by atoms with Crippen molar-refractivity contribution in [2.45, 2.75) is 45.5 Å². The highest BCUT2D eigenvalue weighted by molar-refractivity contribution is 7.09. The molecule has 2 amide bonds. The molecule has 0 N–H and O–H groups in total. The first-order valence-electron chi connectivity index (χ1n) is 12.6. The SMILES string of the molecule is CCC(C)N(CC(=O)N(CCc1ccc(OC)c(OC)c1)Cc1cccs1)C(=O)c1ccc(C(F)(F)F)cc1. The Morgan fingerprint density at radius 1 is 1.00 bits per heavy atom. The molecule has 0 spiro atoms. The Hall–Kier alpha value is -3.53. The van der Waals surface area contributed by atoms with Crippen molar-refractivity contribution in [3.63, 3.8) is 0 Å². The fourth-order valence-corrected chi connectivity index (χ4v) is 4.76. The highest BCUT2D eigenvalue weighted by Gasteiger charge is 2.31. The van der Waals surface area contributed by atoms with E-state index in [4.69, 9.17) is 9.47 Å². The van der Waals surface area contributed by atoms with E-state index in [2.05, 4.69) is 0 Å². The lowest BCUT2D eigenvalue weighted by Gasteiger charge is -2.31. The number of ether oxygens (including phenoxy) is 2. The minimum Gasteiger partial charge on any atom is -0.493 e. The topological polar surface area (TPSA) is 59.1 Å². The maximum atomic E-state index is 13.6. The molecule has 0 bridgehead atoms. The standard InChI is InChI=1S/C29H33F3N2O4S/c1-5-20(2)34(28(36)22-9-11-23(12-10-22)29(30,31)32)19-27(35)33(18-24-7-6-16-39-24)15-14-21-8-13-25(37-3)26(17-21)38-4/h6-13,16-17,20H,5,14-15,18-19H2,1-4H3. The average molecular weight is 563 g/mol. The highest BCUT2D eigenvalue weighted by atomic mass is 32.1. The lowest BCUT2D eigenvalue weighted by Crippen LogP contribution is -2.46. The zero-order valence-electron chi connectivity index (χ0n) is 22.5. The minimum atomic E-state index is -4.50. The van der Waals surface area contributed by atoms with Crippen LogP contribution in [0.2, 0.25) is 0 Å². The van der Waals surface area contributed by atoms with Crippen LogP contribution in [0.15, 0.2) is 60.0 Å². The molecule has 2 aromatic carbocycles. The number of amides is 2. The second-order valence-corrected chi connectivity index (χ2v) is 10.1. The number of carbonyl (C=O) groups is 2. The fraction of sp³-hybridized carbons (Fsp3) is 0.379. The van der Waals surface area contributed by atoms with Crippen molar-refractivity contribution in [3.8, 4) is 11.5 Å². The van der Waals surface area contributed by atoms with Crippen molar-refractivity contribution in [3.05, 3.63) is 81.5 Å². The molecule has 210 valence electrons. The van der Waals surface area contributed by atoms with Gasteiger partial charge in [-0.3, -0.25) is 9.59 Å². The summed E-state index contributed by atoms with van der Waals surface area (Å²) in [5.41, 5.74) is 0.227. The number of hydrogen-bond acceptors (Lipinski definition) is 5. The molecule has 3 aromatic rings. The second kappa shape index (κ2) is 13.5. The number of thiophene rings is 1. The van der Waals surface area contributed by atoms with Crippen LogP contribution >= 0.6 is 11.3 Å². The summed E-state index contributed by atoms with van der Waals surface area (Å²) in [7, 11) is 3.12. The van der Waals surface area contributed by atoms with E-state index in [1.54, 1.807) is 19.1 Å². The van der Waals surface area contributed by atoms with E-state index in [-0.39, 0.29) is 24.1 Å². The van der Waals surface area contributed by atoms with Crippen molar-refractivity contribution in [1.82, 2.24) is 9.80 Å². The van der Waals surface area contributed by atoms with Crippen molar-refractivity contribution in [1.29, 1.82) is 0 Å². The maximum Gasteiger partial charge on any atom is 0.416 e. The molecular weight excluding hydrogens is 529 g/mol. The van der Waals surface area contributed by atoms with Gasteiger partial charge in [0, 0.05) is 23.0 Å². The van der Waals surface area contributed by atoms with E-state index in [9.17, 15) is 22.8 Å². The van der Waals surface area contributed by atoms with E-state index in [1.165, 1.54) is 16.2 Å². The van der Waals surface area contributed by atoms with E-state index in [1.807, 2.05) is 49.6 Å². The summed E-state index contributed by atoms with van der Waals surface area (Å²) in [6.07, 6.45) is -3.37. The van der Waals surface area contributed by atoms with Gasteiger partial charge in [0.1, 0.15) is 6.54 Å². The molecule has 0 saturated heterocycles. The Morgan fingerprint density at radius 3 is 2.26 bits per heavy atom. The van der Waals surface area contributed by atoms with Crippen LogP contribution in [0.3, 0.4) is 0 Å². The van der Waals surface area contributed by atoms with Gasteiger partial charge >= 0.3 is 6.18 Å². The highest BCUT2D eigenvalue weighted by Crippen LogP contribution is 2.30. The molecule has 1 atom stereocenters. The van der Waals surface area contributed by atoms with Crippen LogP contribution in [0.25, 0.3) is 0 Å². The fourth-order valence-electron chi connectivity index (χ4n) is 4.04. The number of rotatable bonds is 12. The number of methoxy groups -OCH3 is 2. The van der Waals surface area contributed by atoms with Crippen molar-refractivity contribution >= 4 is 23.2 Å². The summed E-state index contributed by atoms with van der Waals surface area (Å²) in [6.45, 7) is 4.30. The van der Waals surface area contributed by atoms with Gasteiger partial charge < -0.3 is 19.3 Å². The molecule has 1 unspecified atom stereocenters. The molecule has 0 aliphatic rings. The summed E-state index contributed by atoms with van der Waals surface area (Å²) in [5, 5.41) is 1.94. The minimum absolute atomic E-state index is 0.103. The average Bonchev–Trinajstić information content (AvgIpc) is 3.45. The van der Waals surface area contributed by atoms with Gasteiger partial charge in [-0.05, 0) is 73.2 Å². The van der Waals surface area contributed by atoms with E-state index >= 15 is 0 Å². The quantitative estimate of drug-likeness (QED) is 0.260. The molecule has 0 radical (unpaired) electrons. The van der Waals surface area contributed by atoms with E-state index in [0.717, 1.165) is 34.7 Å². The normalized spacial score (nSPS) is 12.1. The first kappa shape index (κ1) is 30.0. The van der Waals surface area contributed by atoms with Crippen LogP contribution in [0.4, 0.5) is 13.2 Å². The summed E-state index contributed by atoms with van der Waals surface area (Å²) >= 11 is 1.53. The van der Waals surface area contributed by atoms with Crippen LogP contribution in [0.5, 0.6) is 11.5 Å². The molecule has 0 aliphatic heterocycles. The van der Waals surface area contributed by atoms with E-state index in [0.29, 0.717) is 37.4 Å². The molecule has 3 rings (SSSR count). The first-order valence-corrected chi connectivity index (χ1v) is 13.4. The molecule has 10 heteroatoms. The van der Waals surface area contributed by atoms with Gasteiger partial charge in [-0.25, -0.2) is 0 Å². The number of halogens is 3. The van der Waals surface area contributed by atoms with Crippen molar-refractivity contribution in [2.24, 2.45) is 0 Å². The molecule has 1 aromatic heterocycles. The molecule has 0 fully saturated rings. The van der Waals surface area contributed by atoms with Crippen molar-refractivity contribution in [2.75, 3.05) is 27.3 Å². The van der Waals surface area contributed by atoms with Crippen molar-refractivity contribution < 1.29 is 32.2 Å². The van der Waals surface area contributed by atoms with Gasteiger partial charge in [-0.15, -0.1) is 11.3 Å². The Labute approximate surface area is 230 Å². The van der Waals surface area contributed by atoms with Crippen LogP contribution in [0.1, 0.15) is 46.6 Å². The van der Waals surface area contributed by atoms with Gasteiger partial charge in [0.25, 0.3) is 5.91 Å². The second-order valence-electron chi connectivity index (χ2n) is 9.10. The predicted molar refractivity (Wildman–Crippen MR) is 145 cm³/mol. The largest absolute Gasteiger partial charge is 0.493 e. The molecule has 0 saturated carbocycles. The molecule has 39 heavy (non-hydrogen) atoms. The molecule has 1 heterocycles. The van der Waals surface area contributed by atoms with E-state index < -0.39 is 17.6 Å². The lowest BCUT2D eigenvalue weighted by atomic mass is 10.1.